The predicted octanol–water partition coefficient (Wildman–Crippen LogP) is 3.79. The smallest absolute Gasteiger partial charge is 0.405 e. The van der Waals surface area contributed by atoms with E-state index in [2.05, 4.69) is 5.32 Å². The first-order chi connectivity index (χ1) is 26.7. The number of ether oxygens (including phenoxy) is 2. The van der Waals surface area contributed by atoms with Gasteiger partial charge in [0.15, 0.2) is 0 Å². The summed E-state index contributed by atoms with van der Waals surface area (Å²) in [6.07, 6.45) is 4.79. The van der Waals surface area contributed by atoms with Gasteiger partial charge in [-0.1, -0.05) is 32.6 Å². The number of aryl methyl sites for hydroxylation is 1. The largest absolute Gasteiger partial charge is 0.497 e. The van der Waals surface area contributed by atoms with Gasteiger partial charge in [-0.2, -0.15) is 0 Å². The summed E-state index contributed by atoms with van der Waals surface area (Å²) in [5, 5.41) is 12.7. The van der Waals surface area contributed by atoms with Gasteiger partial charge >= 0.3 is 6.09 Å². The Labute approximate surface area is 324 Å². The number of carbonyl (C=O) groups excluding carboxylic acids is 3. The zero-order valence-corrected chi connectivity index (χ0v) is 32.4. The Balaban J connectivity index is 1.10. The van der Waals surface area contributed by atoms with Crippen molar-refractivity contribution >= 4 is 44.9 Å². The van der Waals surface area contributed by atoms with Gasteiger partial charge in [0.1, 0.15) is 35.7 Å². The van der Waals surface area contributed by atoms with Gasteiger partial charge in [0.25, 0.3) is 5.91 Å². The summed E-state index contributed by atoms with van der Waals surface area (Å²) in [5.41, 5.74) is -0.544. The number of amides is 4. The quantitative estimate of drug-likeness (QED) is 0.169. The van der Waals surface area contributed by atoms with Crippen LogP contribution in [0.3, 0.4) is 0 Å². The summed E-state index contributed by atoms with van der Waals surface area (Å²) < 4.78 is 67.0. The van der Waals surface area contributed by atoms with E-state index in [1.165, 1.54) is 39.2 Å². The zero-order valence-electron chi connectivity index (χ0n) is 31.5. The maximum Gasteiger partial charge on any atom is 0.405 e. The van der Waals surface area contributed by atoms with Crippen LogP contribution in [-0.4, -0.2) is 102 Å². The number of benzene rings is 1. The Hall–Kier alpha value is -4.35. The van der Waals surface area contributed by atoms with Crippen molar-refractivity contribution in [2.24, 2.45) is 29.6 Å². The molecule has 4 N–H and O–H groups in total. The van der Waals surface area contributed by atoms with E-state index in [9.17, 15) is 41.5 Å². The van der Waals surface area contributed by atoms with Crippen LogP contribution in [0.5, 0.6) is 11.6 Å². The molecule has 306 valence electrons. The molecule has 2 heterocycles. The number of fused-ring (bicyclic) bond motifs is 3. The number of carboxylic acid groups (broad SMARTS) is 1. The number of likely N-dealkylation sites (tertiary alicyclic amines) is 1. The lowest BCUT2D eigenvalue weighted by Crippen LogP contribution is -2.58. The van der Waals surface area contributed by atoms with Gasteiger partial charge in [-0.3, -0.25) is 19.1 Å². The molecule has 1 aromatic heterocycles. The van der Waals surface area contributed by atoms with Crippen molar-refractivity contribution in [3.8, 4) is 11.6 Å². The highest BCUT2D eigenvalue weighted by molar-refractivity contribution is 7.91. The Bertz CT molecular complexity index is 1960. The average molecular weight is 805 g/mol. The molecular weight excluding hydrogens is 755 g/mol. The summed E-state index contributed by atoms with van der Waals surface area (Å²) in [5.74, 6) is -2.19. The van der Waals surface area contributed by atoms with Crippen LogP contribution in [-0.2, 0) is 30.8 Å². The number of carbonyl (C=O) groups is 4. The first-order valence-electron chi connectivity index (χ1n) is 19.6. The van der Waals surface area contributed by atoms with Gasteiger partial charge in [-0.15, -0.1) is 0 Å². The summed E-state index contributed by atoms with van der Waals surface area (Å²) in [6, 6.07) is 3.87. The average Bonchev–Trinajstić information content (AvgIpc) is 4.08. The molecule has 0 spiro atoms. The second kappa shape index (κ2) is 15.9. The third-order valence-corrected chi connectivity index (χ3v) is 14.4. The number of alkyl halides is 2. The summed E-state index contributed by atoms with van der Waals surface area (Å²) in [4.78, 5) is 62.9. The van der Waals surface area contributed by atoms with Crippen LogP contribution < -0.4 is 24.8 Å². The number of nitrogens with zero attached hydrogens (tertiary/aromatic N) is 3. The topological polar surface area (TPSA) is 206 Å². The predicted molar refractivity (Wildman–Crippen MR) is 197 cm³/mol. The monoisotopic (exact) mass is 804 g/mol. The van der Waals surface area contributed by atoms with E-state index in [4.69, 9.17) is 19.4 Å². The molecule has 18 heteroatoms. The van der Waals surface area contributed by atoms with Crippen molar-refractivity contribution in [1.29, 1.82) is 0 Å². The van der Waals surface area contributed by atoms with Crippen LogP contribution in [0.1, 0.15) is 83.2 Å². The minimum Gasteiger partial charge on any atom is -0.497 e. The lowest BCUT2D eigenvalue weighted by atomic mass is 9.59. The number of hydrogen-bond acceptors (Lipinski definition) is 10. The van der Waals surface area contributed by atoms with Gasteiger partial charge in [0.05, 0.1) is 35.9 Å². The van der Waals surface area contributed by atoms with Crippen LogP contribution in [0.2, 0.25) is 0 Å². The number of sulfonamides is 1. The standard InChI is InChI=1S/C38H50F2N6O9S/c1-20-30(55-35-28(42-27-13-10-24(54-2)16-29(27)43-35)7-5-3-4-6-22-9-8-21-14-23(22)15-21)19-46(31(47)18-41-37(50)51)32(20)34(48)44-38(17-26(38)33(39)40)36(49)45-56(52,53)25-11-12-25/h10,13,16,20-23,25-26,30,32-33,41H,3-9,11-12,14-15,17-19H2,1-2H3,(H,44,48)(H,45,49)(H,50,51)/t20-,21?,22+,23?,26+,30+,32+,38-/m1/s1. The van der Waals surface area contributed by atoms with Crippen molar-refractivity contribution in [2.75, 3.05) is 20.2 Å². The highest BCUT2D eigenvalue weighted by atomic mass is 32.2. The van der Waals surface area contributed by atoms with E-state index < -0.39 is 88.0 Å². The van der Waals surface area contributed by atoms with Crippen LogP contribution in [0.25, 0.3) is 11.0 Å². The van der Waals surface area contributed by atoms with Crippen molar-refractivity contribution in [2.45, 2.75) is 113 Å². The number of rotatable bonds is 17. The molecule has 1 aromatic carbocycles. The van der Waals surface area contributed by atoms with Gasteiger partial charge in [0, 0.05) is 12.0 Å². The molecule has 0 unspecified atom stereocenters. The molecule has 1 saturated heterocycles. The number of aromatic nitrogens is 2. The molecule has 0 radical (unpaired) electrons. The van der Waals surface area contributed by atoms with Gasteiger partial charge in [0.2, 0.25) is 34.1 Å². The SMILES string of the molecule is COc1ccc2nc(CCCCC[C@H]3CCC4CC3C4)c(O[C@H]3CN(C(=O)CNC(=O)O)[C@H](C(=O)N[C@]4(C(=O)NS(=O)(=O)C5CC5)C[C@H]4C(F)F)[C@@H]3C)nc2c1. The Morgan fingerprint density at radius 3 is 2.46 bits per heavy atom. The Morgan fingerprint density at radius 2 is 1.82 bits per heavy atom. The molecule has 1 aliphatic heterocycles. The van der Waals surface area contributed by atoms with Gasteiger partial charge < -0.3 is 30.1 Å². The molecule has 6 aliphatic rings. The normalized spacial score (nSPS) is 29.4. The summed E-state index contributed by atoms with van der Waals surface area (Å²) in [6.45, 7) is 0.696. The molecule has 4 amide bonds. The van der Waals surface area contributed by atoms with E-state index >= 15 is 0 Å². The van der Waals surface area contributed by atoms with Gasteiger partial charge in [-0.25, -0.2) is 32.0 Å². The molecule has 5 aliphatic carbocycles. The van der Waals surface area contributed by atoms with Crippen LogP contribution in [0, 0.1) is 29.6 Å². The highest BCUT2D eigenvalue weighted by Crippen LogP contribution is 2.51. The highest BCUT2D eigenvalue weighted by Gasteiger charge is 2.67. The van der Waals surface area contributed by atoms with Crippen LogP contribution in [0.4, 0.5) is 13.6 Å². The summed E-state index contributed by atoms with van der Waals surface area (Å²) in [7, 11) is -2.61. The molecule has 15 nitrogen and oxygen atoms in total. The maximum absolute atomic E-state index is 14.1. The fourth-order valence-corrected chi connectivity index (χ4v) is 10.3. The Morgan fingerprint density at radius 1 is 1.05 bits per heavy atom. The number of methoxy groups -OCH3 is 1. The Kier molecular flexibility index (Phi) is 11.3. The number of unbranched alkanes of at least 4 members (excludes halogenated alkanes) is 2. The van der Waals surface area contributed by atoms with Crippen LogP contribution in [0.15, 0.2) is 18.2 Å². The minimum absolute atomic E-state index is 0.189. The van der Waals surface area contributed by atoms with Crippen molar-refractivity contribution in [3.05, 3.63) is 23.9 Å². The fourth-order valence-electron chi connectivity index (χ4n) is 8.96. The first-order valence-corrected chi connectivity index (χ1v) is 21.2. The lowest BCUT2D eigenvalue weighted by Gasteiger charge is -2.47. The zero-order chi connectivity index (χ0) is 39.9. The third-order valence-electron chi connectivity index (χ3n) is 12.6. The van der Waals surface area contributed by atoms with E-state index in [0.29, 0.717) is 41.7 Å². The fraction of sp³-hybridized carbons (Fsp3) is 0.684. The third kappa shape index (κ3) is 8.35. The molecule has 8 rings (SSSR count). The van der Waals surface area contributed by atoms with Crippen molar-refractivity contribution < 1.29 is 51.0 Å². The second-order valence-corrected chi connectivity index (χ2v) is 18.3. The number of hydrogen-bond donors (Lipinski definition) is 4. The molecule has 56 heavy (non-hydrogen) atoms. The second-order valence-electron chi connectivity index (χ2n) is 16.3. The number of halogens is 2. The number of nitrogens with one attached hydrogen (secondary N) is 3. The van der Waals surface area contributed by atoms with E-state index in [1.807, 2.05) is 10.0 Å². The maximum atomic E-state index is 14.1. The van der Waals surface area contributed by atoms with E-state index in [0.717, 1.165) is 41.9 Å². The van der Waals surface area contributed by atoms with Crippen molar-refractivity contribution in [1.82, 2.24) is 30.2 Å². The lowest BCUT2D eigenvalue weighted by molar-refractivity contribution is -0.140. The first kappa shape index (κ1) is 39.9. The van der Waals surface area contributed by atoms with E-state index in [1.54, 1.807) is 25.1 Å². The van der Waals surface area contributed by atoms with Gasteiger partial charge in [-0.05, 0) is 81.3 Å². The molecule has 2 aromatic rings. The minimum atomic E-state index is -4.13. The summed E-state index contributed by atoms with van der Waals surface area (Å²) >= 11 is 0. The molecule has 6 atom stereocenters. The molecule has 5 saturated carbocycles. The molecular formula is C38H50F2N6O9S. The molecule has 2 bridgehead atoms. The van der Waals surface area contributed by atoms with Crippen LogP contribution >= 0.6 is 0 Å². The van der Waals surface area contributed by atoms with E-state index in [-0.39, 0.29) is 12.4 Å². The van der Waals surface area contributed by atoms with Crippen molar-refractivity contribution in [3.63, 3.8) is 0 Å². The molecule has 6 fully saturated rings.